The molecule has 0 radical (unpaired) electrons. The molecule has 1 aliphatic rings. The maximum Gasteiger partial charge on any atom is 0.283 e. The van der Waals surface area contributed by atoms with Gasteiger partial charge >= 0.3 is 0 Å². The first-order valence-corrected chi connectivity index (χ1v) is 10.1. The van der Waals surface area contributed by atoms with E-state index in [0.717, 1.165) is 0 Å². The number of thiol groups is 1. The molecule has 0 aromatic rings. The van der Waals surface area contributed by atoms with Crippen molar-refractivity contribution in [1.29, 1.82) is 0 Å². The van der Waals surface area contributed by atoms with Gasteiger partial charge in [-0.3, -0.25) is 14.4 Å². The zero-order valence-corrected chi connectivity index (χ0v) is 18.0. The zero-order chi connectivity index (χ0) is 21.2. The Morgan fingerprint density at radius 3 is 2.46 bits per heavy atom. The van der Waals surface area contributed by atoms with E-state index < -0.39 is 17.5 Å². The van der Waals surface area contributed by atoms with Crippen molar-refractivity contribution in [2.45, 2.75) is 52.1 Å². The number of amides is 3. The van der Waals surface area contributed by atoms with Crippen LogP contribution in [0.15, 0.2) is 0 Å². The summed E-state index contributed by atoms with van der Waals surface area (Å²) in [4.78, 5) is 35.3. The van der Waals surface area contributed by atoms with E-state index in [0.29, 0.717) is 31.7 Å². The van der Waals surface area contributed by atoms with Crippen molar-refractivity contribution >= 4 is 30.4 Å². The first-order valence-electron chi connectivity index (χ1n) is 9.42. The van der Waals surface area contributed by atoms with E-state index in [1.165, 1.54) is 14.0 Å². The molecular weight excluding hydrogens is 386 g/mol. The van der Waals surface area contributed by atoms with Gasteiger partial charge in [0.05, 0.1) is 6.61 Å². The Kier molecular flexibility index (Phi) is 10.2. The summed E-state index contributed by atoms with van der Waals surface area (Å²) in [6, 6.07) is 0. The Balaban J connectivity index is 2.61. The van der Waals surface area contributed by atoms with Crippen molar-refractivity contribution in [3.63, 3.8) is 0 Å². The number of hydrogen-bond donors (Lipinski definition) is 4. The van der Waals surface area contributed by atoms with Crippen molar-refractivity contribution < 1.29 is 28.6 Å². The quantitative estimate of drug-likeness (QED) is 0.281. The molecule has 0 aromatic carbocycles. The zero-order valence-electron chi connectivity index (χ0n) is 17.1. The minimum atomic E-state index is -1.35. The van der Waals surface area contributed by atoms with Gasteiger partial charge in [-0.25, -0.2) is 0 Å². The minimum absolute atomic E-state index is 0.117. The van der Waals surface area contributed by atoms with Gasteiger partial charge in [-0.15, -0.1) is 0 Å². The van der Waals surface area contributed by atoms with Crippen LogP contribution in [0.2, 0.25) is 0 Å². The van der Waals surface area contributed by atoms with Crippen LogP contribution < -0.4 is 16.0 Å². The highest BCUT2D eigenvalue weighted by Gasteiger charge is 2.50. The van der Waals surface area contributed by atoms with Crippen LogP contribution in [0.25, 0.3) is 0 Å². The minimum Gasteiger partial charge on any atom is -0.356 e. The van der Waals surface area contributed by atoms with Crippen molar-refractivity contribution in [2.75, 3.05) is 39.1 Å². The second kappa shape index (κ2) is 11.6. The van der Waals surface area contributed by atoms with E-state index in [1.807, 2.05) is 13.8 Å². The molecule has 0 aromatic heterocycles. The van der Waals surface area contributed by atoms with Crippen LogP contribution in [-0.2, 0) is 28.6 Å². The Morgan fingerprint density at radius 1 is 1.14 bits per heavy atom. The lowest BCUT2D eigenvalue weighted by molar-refractivity contribution is -0.425. The SMILES string of the molecule is COC1(CCCNC(C)=O)OCC(C)(C)[C@H](C(=O)NCCC(=O)NCCS)O1. The Morgan fingerprint density at radius 2 is 1.86 bits per heavy atom. The summed E-state index contributed by atoms with van der Waals surface area (Å²) in [6.07, 6.45) is 0.293. The molecule has 9 nitrogen and oxygen atoms in total. The molecule has 28 heavy (non-hydrogen) atoms. The smallest absolute Gasteiger partial charge is 0.283 e. The number of hydrogen-bond acceptors (Lipinski definition) is 7. The van der Waals surface area contributed by atoms with Crippen LogP contribution in [0.4, 0.5) is 0 Å². The average molecular weight is 420 g/mol. The van der Waals surface area contributed by atoms with Gasteiger partial charge in [-0.1, -0.05) is 13.8 Å². The fraction of sp³-hybridized carbons (Fsp3) is 0.833. The van der Waals surface area contributed by atoms with Crippen molar-refractivity contribution in [3.8, 4) is 0 Å². The molecule has 0 spiro atoms. The fourth-order valence-electron chi connectivity index (χ4n) is 2.74. The third kappa shape index (κ3) is 7.94. The lowest BCUT2D eigenvalue weighted by Gasteiger charge is -2.46. The van der Waals surface area contributed by atoms with E-state index in [-0.39, 0.29) is 37.3 Å². The lowest BCUT2D eigenvalue weighted by atomic mass is 9.85. The van der Waals surface area contributed by atoms with Gasteiger partial charge in [-0.2, -0.15) is 12.6 Å². The number of carbonyl (C=O) groups excluding carboxylic acids is 3. The number of nitrogens with one attached hydrogen (secondary N) is 3. The van der Waals surface area contributed by atoms with Crippen LogP contribution in [0.1, 0.15) is 40.0 Å². The summed E-state index contributed by atoms with van der Waals surface area (Å²) in [5, 5.41) is 8.14. The molecule has 3 N–H and O–H groups in total. The third-order valence-corrected chi connectivity index (χ3v) is 4.56. The van der Waals surface area contributed by atoms with Crippen molar-refractivity contribution in [3.05, 3.63) is 0 Å². The summed E-state index contributed by atoms with van der Waals surface area (Å²) >= 11 is 4.03. The van der Waals surface area contributed by atoms with Crippen LogP contribution in [0.3, 0.4) is 0 Å². The number of rotatable bonds is 11. The van der Waals surface area contributed by atoms with E-state index >= 15 is 0 Å². The molecule has 1 fully saturated rings. The molecule has 0 saturated carbocycles. The first-order chi connectivity index (χ1) is 13.2. The highest BCUT2D eigenvalue weighted by molar-refractivity contribution is 7.80. The largest absolute Gasteiger partial charge is 0.356 e. The third-order valence-electron chi connectivity index (χ3n) is 4.34. The van der Waals surface area contributed by atoms with Crippen LogP contribution in [0.5, 0.6) is 0 Å². The molecule has 1 aliphatic heterocycles. The molecule has 1 unspecified atom stereocenters. The number of ether oxygens (including phenoxy) is 3. The van der Waals surface area contributed by atoms with Gasteiger partial charge < -0.3 is 30.2 Å². The molecule has 0 aliphatic carbocycles. The standard InChI is InChI=1S/C18H33N3O6S/c1-13(22)19-8-5-7-18(25-4)26-12-17(2,3)15(27-18)16(24)21-9-6-14(23)20-10-11-28/h15,28H,5-12H2,1-4H3,(H,19,22)(H,20,23)(H,21,24)/t15-,18?/m0/s1. The average Bonchev–Trinajstić information content (AvgIpc) is 2.64. The van der Waals surface area contributed by atoms with Crippen molar-refractivity contribution in [1.82, 2.24) is 16.0 Å². The molecule has 162 valence electrons. The fourth-order valence-corrected chi connectivity index (χ4v) is 2.85. The van der Waals surface area contributed by atoms with Gasteiger partial charge in [-0.05, 0) is 6.42 Å². The number of methoxy groups -OCH3 is 1. The van der Waals surface area contributed by atoms with Gasteiger partial charge in [0.15, 0.2) is 0 Å². The summed E-state index contributed by atoms with van der Waals surface area (Å²) in [5.41, 5.74) is -0.571. The molecule has 1 heterocycles. The highest BCUT2D eigenvalue weighted by Crippen LogP contribution is 2.37. The maximum absolute atomic E-state index is 12.7. The Hall–Kier alpha value is -1.36. The normalized spacial score (nSPS) is 23.7. The molecule has 0 bridgehead atoms. The van der Waals surface area contributed by atoms with Crippen LogP contribution >= 0.6 is 12.6 Å². The molecule has 1 rings (SSSR count). The monoisotopic (exact) mass is 419 g/mol. The summed E-state index contributed by atoms with van der Waals surface area (Å²) in [5.74, 6) is -1.37. The van der Waals surface area contributed by atoms with E-state index in [2.05, 4.69) is 28.6 Å². The maximum atomic E-state index is 12.7. The first kappa shape index (κ1) is 24.7. The summed E-state index contributed by atoms with van der Waals surface area (Å²) in [7, 11) is 1.46. The van der Waals surface area contributed by atoms with E-state index in [1.54, 1.807) is 0 Å². The number of carbonyl (C=O) groups is 3. The molecule has 2 atom stereocenters. The second-order valence-electron chi connectivity index (χ2n) is 7.36. The van der Waals surface area contributed by atoms with E-state index in [4.69, 9.17) is 14.2 Å². The second-order valence-corrected chi connectivity index (χ2v) is 7.81. The molecule has 1 saturated heterocycles. The Bertz CT molecular complexity index is 545. The molecule has 10 heteroatoms. The predicted octanol–water partition coefficient (Wildman–Crippen LogP) is 0.197. The highest BCUT2D eigenvalue weighted by atomic mass is 32.1. The lowest BCUT2D eigenvalue weighted by Crippen LogP contribution is -2.59. The van der Waals surface area contributed by atoms with Gasteiger partial charge in [0, 0.05) is 57.7 Å². The summed E-state index contributed by atoms with van der Waals surface area (Å²) in [6.45, 7) is 6.59. The van der Waals surface area contributed by atoms with E-state index in [9.17, 15) is 14.4 Å². The topological polar surface area (TPSA) is 115 Å². The van der Waals surface area contributed by atoms with Gasteiger partial charge in [0.25, 0.3) is 5.97 Å². The Labute approximate surface area is 172 Å². The van der Waals surface area contributed by atoms with Crippen molar-refractivity contribution in [2.24, 2.45) is 5.41 Å². The molecular formula is C18H33N3O6S. The summed E-state index contributed by atoms with van der Waals surface area (Å²) < 4.78 is 17.2. The van der Waals surface area contributed by atoms with Gasteiger partial charge in [0.1, 0.15) is 6.10 Å². The van der Waals surface area contributed by atoms with Gasteiger partial charge in [0.2, 0.25) is 17.7 Å². The van der Waals surface area contributed by atoms with Crippen LogP contribution in [0, 0.1) is 5.41 Å². The predicted molar refractivity (Wildman–Crippen MR) is 107 cm³/mol. The van der Waals surface area contributed by atoms with Crippen LogP contribution in [-0.4, -0.2) is 68.9 Å². The molecule has 3 amide bonds.